The van der Waals surface area contributed by atoms with Crippen LogP contribution in [-0.4, -0.2) is 30.5 Å². The van der Waals surface area contributed by atoms with Crippen LogP contribution in [-0.2, 0) is 16.1 Å². The minimum atomic E-state index is -0.239. The monoisotopic (exact) mass is 290 g/mol. The van der Waals surface area contributed by atoms with E-state index in [1.807, 2.05) is 26.0 Å². The molecule has 114 valence electrons. The van der Waals surface area contributed by atoms with E-state index >= 15 is 0 Å². The van der Waals surface area contributed by atoms with E-state index in [2.05, 4.69) is 10.6 Å². The molecule has 5 heteroatoms. The van der Waals surface area contributed by atoms with E-state index in [0.717, 1.165) is 18.4 Å². The maximum Gasteiger partial charge on any atom is 0.251 e. The van der Waals surface area contributed by atoms with Crippen molar-refractivity contribution >= 4 is 11.8 Å². The number of nitrogens with one attached hydrogen (secondary N) is 2. The van der Waals surface area contributed by atoms with Gasteiger partial charge in [0.05, 0.1) is 19.3 Å². The van der Waals surface area contributed by atoms with Crippen LogP contribution in [0.15, 0.2) is 24.3 Å². The van der Waals surface area contributed by atoms with Crippen LogP contribution in [0, 0.1) is 0 Å². The summed E-state index contributed by atoms with van der Waals surface area (Å²) in [4.78, 5) is 23.4. The summed E-state index contributed by atoms with van der Waals surface area (Å²) < 4.78 is 5.50. The second kappa shape index (κ2) is 7.22. The minimum absolute atomic E-state index is 0.0214. The van der Waals surface area contributed by atoms with Gasteiger partial charge in [-0.1, -0.05) is 12.1 Å². The topological polar surface area (TPSA) is 67.4 Å². The highest BCUT2D eigenvalue weighted by Gasteiger charge is 2.23. The molecule has 1 aromatic rings. The van der Waals surface area contributed by atoms with Gasteiger partial charge in [0.25, 0.3) is 5.91 Å². The molecule has 0 atom stereocenters. The molecular weight excluding hydrogens is 268 g/mol. The molecule has 2 amide bonds. The number of carbonyl (C=O) groups excluding carboxylic acids is 2. The lowest BCUT2D eigenvalue weighted by atomic mass is 10.1. The van der Waals surface area contributed by atoms with Crippen LogP contribution in [0.25, 0.3) is 0 Å². The van der Waals surface area contributed by atoms with Crippen molar-refractivity contribution in [1.82, 2.24) is 10.6 Å². The quantitative estimate of drug-likeness (QED) is 0.802. The lowest BCUT2D eigenvalue weighted by molar-refractivity contribution is -0.120. The number of carbonyl (C=O) groups is 2. The molecule has 1 saturated carbocycles. The van der Waals surface area contributed by atoms with E-state index in [4.69, 9.17) is 4.74 Å². The summed E-state index contributed by atoms with van der Waals surface area (Å²) in [6.07, 6.45) is 2.26. The summed E-state index contributed by atoms with van der Waals surface area (Å²) in [5.41, 5.74) is 1.56. The van der Waals surface area contributed by atoms with E-state index in [0.29, 0.717) is 18.2 Å². The van der Waals surface area contributed by atoms with Crippen molar-refractivity contribution < 1.29 is 14.3 Å². The molecule has 0 spiro atoms. The fraction of sp³-hybridized carbons (Fsp3) is 0.500. The van der Waals surface area contributed by atoms with Crippen LogP contribution >= 0.6 is 0 Å². The number of amides is 2. The van der Waals surface area contributed by atoms with Gasteiger partial charge in [0.1, 0.15) is 0 Å². The largest absolute Gasteiger partial charge is 0.374 e. The zero-order valence-electron chi connectivity index (χ0n) is 12.5. The van der Waals surface area contributed by atoms with E-state index < -0.39 is 0 Å². The number of benzene rings is 1. The van der Waals surface area contributed by atoms with Crippen LogP contribution in [0.4, 0.5) is 0 Å². The SMILES string of the molecule is CC(C)OCc1ccc(C(=O)NCC(=O)NC2CC2)cc1. The first-order valence-electron chi connectivity index (χ1n) is 7.32. The molecule has 0 aliphatic heterocycles. The van der Waals surface area contributed by atoms with Crippen LogP contribution in [0.1, 0.15) is 42.6 Å². The van der Waals surface area contributed by atoms with Gasteiger partial charge in [-0.2, -0.15) is 0 Å². The van der Waals surface area contributed by atoms with Crippen molar-refractivity contribution in [1.29, 1.82) is 0 Å². The molecule has 5 nitrogen and oxygen atoms in total. The molecule has 2 rings (SSSR count). The second-order valence-electron chi connectivity index (χ2n) is 5.58. The Morgan fingerprint density at radius 1 is 1.24 bits per heavy atom. The van der Waals surface area contributed by atoms with Gasteiger partial charge in [0, 0.05) is 11.6 Å². The summed E-state index contributed by atoms with van der Waals surface area (Å²) >= 11 is 0. The lowest BCUT2D eigenvalue weighted by Gasteiger charge is -2.09. The van der Waals surface area contributed by atoms with Crippen LogP contribution in [0.3, 0.4) is 0 Å². The summed E-state index contributed by atoms with van der Waals surface area (Å²) in [6, 6.07) is 7.53. The maximum absolute atomic E-state index is 11.9. The summed E-state index contributed by atoms with van der Waals surface area (Å²) in [5.74, 6) is -0.370. The molecule has 21 heavy (non-hydrogen) atoms. The van der Waals surface area contributed by atoms with E-state index in [-0.39, 0.29) is 24.5 Å². The summed E-state index contributed by atoms with van der Waals surface area (Å²) in [6.45, 7) is 4.51. The van der Waals surface area contributed by atoms with Gasteiger partial charge in [-0.05, 0) is 44.4 Å². The second-order valence-corrected chi connectivity index (χ2v) is 5.58. The van der Waals surface area contributed by atoms with Crippen LogP contribution in [0.2, 0.25) is 0 Å². The van der Waals surface area contributed by atoms with Gasteiger partial charge in [-0.3, -0.25) is 9.59 Å². The zero-order valence-corrected chi connectivity index (χ0v) is 12.5. The third-order valence-electron chi connectivity index (χ3n) is 3.15. The predicted molar refractivity (Wildman–Crippen MR) is 79.9 cm³/mol. The third kappa shape index (κ3) is 5.55. The van der Waals surface area contributed by atoms with Crippen molar-refractivity contribution in [2.75, 3.05) is 6.54 Å². The molecule has 0 aromatic heterocycles. The van der Waals surface area contributed by atoms with Crippen molar-refractivity contribution in [2.24, 2.45) is 0 Å². The molecule has 1 aliphatic carbocycles. The molecule has 0 heterocycles. The Balaban J connectivity index is 1.77. The van der Waals surface area contributed by atoms with E-state index in [1.165, 1.54) is 0 Å². The average Bonchev–Trinajstić information content (AvgIpc) is 3.27. The molecule has 0 saturated heterocycles. The fourth-order valence-electron chi connectivity index (χ4n) is 1.78. The Morgan fingerprint density at radius 3 is 2.48 bits per heavy atom. The van der Waals surface area contributed by atoms with E-state index in [1.54, 1.807) is 12.1 Å². The molecule has 1 fully saturated rings. The average molecular weight is 290 g/mol. The van der Waals surface area contributed by atoms with Gasteiger partial charge in [-0.15, -0.1) is 0 Å². The highest BCUT2D eigenvalue weighted by molar-refractivity contribution is 5.96. The first-order valence-corrected chi connectivity index (χ1v) is 7.32. The number of rotatable bonds is 7. The Kier molecular flexibility index (Phi) is 5.33. The molecule has 2 N–H and O–H groups in total. The van der Waals surface area contributed by atoms with Crippen molar-refractivity contribution in [3.05, 3.63) is 35.4 Å². The molecule has 0 unspecified atom stereocenters. The van der Waals surface area contributed by atoms with Crippen molar-refractivity contribution in [3.8, 4) is 0 Å². The Morgan fingerprint density at radius 2 is 1.90 bits per heavy atom. The third-order valence-corrected chi connectivity index (χ3v) is 3.15. The lowest BCUT2D eigenvalue weighted by Crippen LogP contribution is -2.37. The minimum Gasteiger partial charge on any atom is -0.374 e. The standard InChI is InChI=1S/C16H22N2O3/c1-11(2)21-10-12-3-5-13(6-4-12)16(20)17-9-15(19)18-14-7-8-14/h3-6,11,14H,7-10H2,1-2H3,(H,17,20)(H,18,19). The number of ether oxygens (including phenoxy) is 1. The molecule has 1 aromatic carbocycles. The first-order chi connectivity index (χ1) is 10.0. The van der Waals surface area contributed by atoms with Crippen LogP contribution < -0.4 is 10.6 Å². The van der Waals surface area contributed by atoms with Crippen molar-refractivity contribution in [3.63, 3.8) is 0 Å². The van der Waals surface area contributed by atoms with Gasteiger partial charge < -0.3 is 15.4 Å². The Labute approximate surface area is 125 Å². The fourth-order valence-corrected chi connectivity index (χ4v) is 1.78. The van der Waals surface area contributed by atoms with Gasteiger partial charge in [0.15, 0.2) is 0 Å². The smallest absolute Gasteiger partial charge is 0.251 e. The predicted octanol–water partition coefficient (Wildman–Crippen LogP) is 1.62. The van der Waals surface area contributed by atoms with Gasteiger partial charge >= 0.3 is 0 Å². The van der Waals surface area contributed by atoms with Gasteiger partial charge in [-0.25, -0.2) is 0 Å². The Bertz CT molecular complexity index is 493. The molecule has 0 bridgehead atoms. The summed E-state index contributed by atoms with van der Waals surface area (Å²) in [7, 11) is 0. The van der Waals surface area contributed by atoms with E-state index in [9.17, 15) is 9.59 Å². The first kappa shape index (κ1) is 15.5. The molecular formula is C16H22N2O3. The maximum atomic E-state index is 11.9. The molecule has 0 radical (unpaired) electrons. The number of hydrogen-bond donors (Lipinski definition) is 2. The highest BCUT2D eigenvalue weighted by atomic mass is 16.5. The summed E-state index contributed by atoms with van der Waals surface area (Å²) in [5, 5.41) is 5.45. The highest BCUT2D eigenvalue weighted by Crippen LogP contribution is 2.18. The zero-order chi connectivity index (χ0) is 15.2. The number of hydrogen-bond acceptors (Lipinski definition) is 3. The van der Waals surface area contributed by atoms with Crippen molar-refractivity contribution in [2.45, 2.75) is 45.4 Å². The van der Waals surface area contributed by atoms with Crippen LogP contribution in [0.5, 0.6) is 0 Å². The van der Waals surface area contributed by atoms with Gasteiger partial charge in [0.2, 0.25) is 5.91 Å². The Hall–Kier alpha value is -1.88. The molecule has 1 aliphatic rings. The normalized spacial score (nSPS) is 14.0.